The highest BCUT2D eigenvalue weighted by atomic mass is 19.4. The zero-order valence-electron chi connectivity index (χ0n) is 13.1. The molecule has 3 atom stereocenters. The number of benzene rings is 1. The molecule has 2 saturated heterocycles. The van der Waals surface area contributed by atoms with Crippen LogP contribution in [-0.4, -0.2) is 28.9 Å². The van der Waals surface area contributed by atoms with Gasteiger partial charge in [-0.25, -0.2) is 0 Å². The van der Waals surface area contributed by atoms with Crippen molar-refractivity contribution in [1.29, 1.82) is 0 Å². The maximum atomic E-state index is 13.0. The average Bonchev–Trinajstić information content (AvgIpc) is 2.73. The van der Waals surface area contributed by atoms with Gasteiger partial charge in [-0.15, -0.1) is 0 Å². The van der Waals surface area contributed by atoms with Gasteiger partial charge in [0, 0.05) is 11.6 Å². The van der Waals surface area contributed by atoms with Crippen molar-refractivity contribution in [1.82, 2.24) is 5.32 Å². The molecule has 2 heterocycles. The van der Waals surface area contributed by atoms with Gasteiger partial charge in [-0.1, -0.05) is 12.1 Å². The minimum atomic E-state index is -4.42. The Balaban J connectivity index is 1.64. The summed E-state index contributed by atoms with van der Waals surface area (Å²) >= 11 is 0. The molecule has 2 fully saturated rings. The van der Waals surface area contributed by atoms with Gasteiger partial charge in [0.2, 0.25) is 0 Å². The third kappa shape index (κ3) is 3.63. The van der Waals surface area contributed by atoms with E-state index in [2.05, 4.69) is 5.32 Å². The lowest BCUT2D eigenvalue weighted by Gasteiger charge is -2.42. The van der Waals surface area contributed by atoms with Crippen LogP contribution < -0.4 is 10.1 Å². The predicted octanol–water partition coefficient (Wildman–Crippen LogP) is 3.51. The van der Waals surface area contributed by atoms with Crippen molar-refractivity contribution in [3.05, 3.63) is 29.8 Å². The zero-order valence-corrected chi connectivity index (χ0v) is 13.1. The van der Waals surface area contributed by atoms with E-state index < -0.39 is 17.3 Å². The molecule has 0 unspecified atom stereocenters. The van der Waals surface area contributed by atoms with E-state index in [0.29, 0.717) is 18.9 Å². The number of hydrogen-bond donors (Lipinski definition) is 2. The van der Waals surface area contributed by atoms with E-state index in [4.69, 9.17) is 4.74 Å². The van der Waals surface area contributed by atoms with Gasteiger partial charge < -0.3 is 15.2 Å². The molecule has 1 aromatic carbocycles. The highest BCUT2D eigenvalue weighted by Gasteiger charge is 2.49. The Labute approximate surface area is 133 Å². The molecule has 0 aromatic heterocycles. The van der Waals surface area contributed by atoms with E-state index in [1.165, 1.54) is 18.2 Å². The molecule has 6 heteroatoms. The van der Waals surface area contributed by atoms with Crippen molar-refractivity contribution in [2.24, 2.45) is 0 Å². The second-order valence-corrected chi connectivity index (χ2v) is 7.13. The van der Waals surface area contributed by atoms with Crippen LogP contribution in [-0.2, 0) is 6.18 Å². The van der Waals surface area contributed by atoms with Crippen LogP contribution in [0.1, 0.15) is 44.6 Å². The van der Waals surface area contributed by atoms with Crippen LogP contribution in [0, 0.1) is 0 Å². The van der Waals surface area contributed by atoms with Crippen molar-refractivity contribution < 1.29 is 23.0 Å². The van der Waals surface area contributed by atoms with Gasteiger partial charge in [0.25, 0.3) is 0 Å². The topological polar surface area (TPSA) is 41.5 Å². The first-order valence-electron chi connectivity index (χ1n) is 7.98. The zero-order chi connectivity index (χ0) is 16.7. The lowest BCUT2D eigenvalue weighted by molar-refractivity contribution is -0.139. The number of para-hydroxylation sites is 1. The van der Waals surface area contributed by atoms with Gasteiger partial charge in [-0.3, -0.25) is 0 Å². The summed E-state index contributed by atoms with van der Waals surface area (Å²) in [6.07, 6.45) is -0.563. The van der Waals surface area contributed by atoms with E-state index in [1.807, 2.05) is 6.92 Å². The lowest BCUT2D eigenvalue weighted by atomic mass is 9.79. The van der Waals surface area contributed by atoms with Gasteiger partial charge in [0.15, 0.2) is 0 Å². The van der Waals surface area contributed by atoms with Gasteiger partial charge in [0.05, 0.1) is 17.8 Å². The summed E-state index contributed by atoms with van der Waals surface area (Å²) in [4.78, 5) is 0. The highest BCUT2D eigenvalue weighted by Crippen LogP contribution is 2.43. The summed E-state index contributed by atoms with van der Waals surface area (Å²) in [5.74, 6) is -0.131. The maximum absolute atomic E-state index is 13.0. The molecule has 2 N–H and O–H groups in total. The minimum absolute atomic E-state index is 0.131. The Kier molecular flexibility index (Phi) is 4.09. The summed E-state index contributed by atoms with van der Waals surface area (Å²) < 4.78 is 44.3. The number of piperidine rings is 1. The summed E-state index contributed by atoms with van der Waals surface area (Å²) in [7, 11) is 0. The quantitative estimate of drug-likeness (QED) is 0.888. The summed E-state index contributed by atoms with van der Waals surface area (Å²) in [6.45, 7) is 2.03. The average molecular weight is 329 g/mol. The SMILES string of the molecule is C[C@]1(O)C[C@@H]2CC[C@@](CCOc3ccccc3C(F)(F)F)(C1)N2. The molecule has 0 radical (unpaired) electrons. The fraction of sp³-hybridized carbons (Fsp3) is 0.647. The number of fused-ring (bicyclic) bond motifs is 2. The van der Waals surface area contributed by atoms with E-state index in [-0.39, 0.29) is 17.9 Å². The Hall–Kier alpha value is -1.27. The van der Waals surface area contributed by atoms with Crippen LogP contribution in [0.5, 0.6) is 5.75 Å². The molecule has 0 spiro atoms. The number of rotatable bonds is 4. The summed E-state index contributed by atoms with van der Waals surface area (Å²) in [5, 5.41) is 13.9. The molecule has 0 saturated carbocycles. The van der Waals surface area contributed by atoms with Crippen molar-refractivity contribution in [2.75, 3.05) is 6.61 Å². The first kappa shape index (κ1) is 16.6. The van der Waals surface area contributed by atoms with E-state index >= 15 is 0 Å². The molecular weight excluding hydrogens is 307 g/mol. The monoisotopic (exact) mass is 329 g/mol. The van der Waals surface area contributed by atoms with E-state index in [0.717, 1.165) is 25.3 Å². The van der Waals surface area contributed by atoms with E-state index in [9.17, 15) is 18.3 Å². The van der Waals surface area contributed by atoms with Crippen LogP contribution in [0.3, 0.4) is 0 Å². The lowest BCUT2D eigenvalue weighted by Crippen LogP contribution is -2.55. The fourth-order valence-corrected chi connectivity index (χ4v) is 4.12. The van der Waals surface area contributed by atoms with Crippen molar-refractivity contribution in [2.45, 2.75) is 62.4 Å². The van der Waals surface area contributed by atoms with Crippen LogP contribution in [0.15, 0.2) is 24.3 Å². The van der Waals surface area contributed by atoms with Gasteiger partial charge in [0.1, 0.15) is 5.75 Å². The maximum Gasteiger partial charge on any atom is 0.419 e. The normalized spacial score (nSPS) is 33.7. The van der Waals surface area contributed by atoms with Crippen LogP contribution in [0.4, 0.5) is 13.2 Å². The third-order valence-corrected chi connectivity index (χ3v) is 4.92. The smallest absolute Gasteiger partial charge is 0.419 e. The molecule has 2 bridgehead atoms. The third-order valence-electron chi connectivity index (χ3n) is 4.92. The molecule has 3 rings (SSSR count). The molecule has 23 heavy (non-hydrogen) atoms. The molecule has 2 aliphatic heterocycles. The second-order valence-electron chi connectivity index (χ2n) is 7.13. The number of nitrogens with one attached hydrogen (secondary N) is 1. The first-order valence-corrected chi connectivity index (χ1v) is 7.98. The molecule has 128 valence electrons. The Morgan fingerprint density at radius 3 is 2.83 bits per heavy atom. The Morgan fingerprint density at radius 1 is 1.35 bits per heavy atom. The number of aliphatic hydroxyl groups is 1. The molecular formula is C17H22F3NO2. The van der Waals surface area contributed by atoms with E-state index in [1.54, 1.807) is 0 Å². The second kappa shape index (κ2) is 5.67. The summed E-state index contributed by atoms with van der Waals surface area (Å²) in [5.41, 5.74) is -1.68. The number of halogens is 3. The molecule has 1 aromatic rings. The number of ether oxygens (including phenoxy) is 1. The standard InChI is InChI=1S/C17H22F3NO2/c1-15(22)10-12-6-7-16(11-15,21-12)8-9-23-14-5-3-2-4-13(14)17(18,19)20/h2-5,12,21-22H,6-11H2,1H3/t12-,15-,16+/m0/s1. The minimum Gasteiger partial charge on any atom is -0.493 e. The van der Waals surface area contributed by atoms with Crippen LogP contribution in [0.25, 0.3) is 0 Å². The van der Waals surface area contributed by atoms with Crippen molar-refractivity contribution in [3.8, 4) is 5.75 Å². The van der Waals surface area contributed by atoms with Crippen molar-refractivity contribution in [3.63, 3.8) is 0 Å². The van der Waals surface area contributed by atoms with Gasteiger partial charge in [-0.05, 0) is 51.2 Å². The largest absolute Gasteiger partial charge is 0.493 e. The van der Waals surface area contributed by atoms with Gasteiger partial charge in [-0.2, -0.15) is 13.2 Å². The molecule has 3 nitrogen and oxygen atoms in total. The predicted molar refractivity (Wildman–Crippen MR) is 80.3 cm³/mol. The Morgan fingerprint density at radius 2 is 2.09 bits per heavy atom. The van der Waals surface area contributed by atoms with Crippen LogP contribution >= 0.6 is 0 Å². The molecule has 0 amide bonds. The highest BCUT2D eigenvalue weighted by molar-refractivity contribution is 5.35. The molecule has 0 aliphatic carbocycles. The number of hydrogen-bond acceptors (Lipinski definition) is 3. The first-order chi connectivity index (χ1) is 10.7. The van der Waals surface area contributed by atoms with Gasteiger partial charge >= 0.3 is 6.18 Å². The fourth-order valence-electron chi connectivity index (χ4n) is 4.12. The van der Waals surface area contributed by atoms with Crippen LogP contribution in [0.2, 0.25) is 0 Å². The summed E-state index contributed by atoms with van der Waals surface area (Å²) in [6, 6.07) is 5.57. The number of alkyl halides is 3. The molecule has 2 aliphatic rings. The van der Waals surface area contributed by atoms with Crippen molar-refractivity contribution >= 4 is 0 Å². The Bertz CT molecular complexity index is 573.